The molecule has 0 aliphatic heterocycles. The molecule has 0 atom stereocenters. The Hall–Kier alpha value is -2.40. The lowest BCUT2D eigenvalue weighted by Crippen LogP contribution is -2.34. The molecule has 2 aromatic carbocycles. The molecule has 0 saturated heterocycles. The maximum Gasteiger partial charge on any atom is 0.257 e. The van der Waals surface area contributed by atoms with E-state index in [2.05, 4.69) is 17.6 Å². The number of rotatable bonds is 9. The Morgan fingerprint density at radius 1 is 0.963 bits per heavy atom. The normalized spacial score (nSPS) is 10.3. The van der Waals surface area contributed by atoms with Crippen molar-refractivity contribution >= 4 is 28.9 Å². The summed E-state index contributed by atoms with van der Waals surface area (Å²) < 4.78 is 5.75. The van der Waals surface area contributed by atoms with Gasteiger partial charge in [0, 0.05) is 11.3 Å². The zero-order valence-corrected chi connectivity index (χ0v) is 16.9. The summed E-state index contributed by atoms with van der Waals surface area (Å²) in [5, 5.41) is 5.97. The van der Waals surface area contributed by atoms with Crippen LogP contribution in [0.2, 0.25) is 0 Å². The molecule has 0 saturated carbocycles. The number of hydrogen-bond donors (Lipinski definition) is 2. The number of aryl methyl sites for hydroxylation is 1. The summed E-state index contributed by atoms with van der Waals surface area (Å²) in [6.07, 6.45) is 6.11. The molecule has 1 amide bonds. The van der Waals surface area contributed by atoms with E-state index in [0.717, 1.165) is 30.0 Å². The van der Waals surface area contributed by atoms with Crippen LogP contribution in [-0.2, 0) is 0 Å². The Morgan fingerprint density at radius 3 is 2.30 bits per heavy atom. The van der Waals surface area contributed by atoms with Gasteiger partial charge in [-0.2, -0.15) is 0 Å². The molecule has 0 aromatic heterocycles. The predicted octanol–water partition coefficient (Wildman–Crippen LogP) is 5.47. The van der Waals surface area contributed by atoms with Crippen LogP contribution in [0, 0.1) is 6.92 Å². The summed E-state index contributed by atoms with van der Waals surface area (Å²) in [4.78, 5) is 12.2. The van der Waals surface area contributed by atoms with E-state index in [9.17, 15) is 4.79 Å². The van der Waals surface area contributed by atoms with Crippen molar-refractivity contribution in [2.24, 2.45) is 0 Å². The van der Waals surface area contributed by atoms with Crippen molar-refractivity contribution in [3.63, 3.8) is 0 Å². The van der Waals surface area contributed by atoms with Gasteiger partial charge in [-0.25, -0.2) is 0 Å². The number of amides is 1. The molecule has 0 aliphatic carbocycles. The van der Waals surface area contributed by atoms with Crippen molar-refractivity contribution in [1.82, 2.24) is 5.32 Å². The molecule has 0 heterocycles. The minimum absolute atomic E-state index is 0.226. The van der Waals surface area contributed by atoms with Gasteiger partial charge in [-0.1, -0.05) is 50.3 Å². The first-order valence-corrected chi connectivity index (χ1v) is 9.91. The zero-order chi connectivity index (χ0) is 19.5. The molecular formula is C22H28N2O2S. The number of nitrogens with one attached hydrogen (secondary N) is 2. The zero-order valence-electron chi connectivity index (χ0n) is 16.1. The van der Waals surface area contributed by atoms with Gasteiger partial charge in [0.1, 0.15) is 5.75 Å². The van der Waals surface area contributed by atoms with Gasteiger partial charge in [-0.15, -0.1) is 0 Å². The predicted molar refractivity (Wildman–Crippen MR) is 116 cm³/mol. The van der Waals surface area contributed by atoms with E-state index in [1.165, 1.54) is 25.7 Å². The third-order valence-corrected chi connectivity index (χ3v) is 4.37. The second kappa shape index (κ2) is 11.3. The topological polar surface area (TPSA) is 50.4 Å². The first kappa shape index (κ1) is 20.9. The van der Waals surface area contributed by atoms with Crippen molar-refractivity contribution in [2.45, 2.75) is 46.0 Å². The van der Waals surface area contributed by atoms with Gasteiger partial charge in [-0.05, 0) is 62.0 Å². The Labute approximate surface area is 167 Å². The minimum atomic E-state index is -0.226. The van der Waals surface area contributed by atoms with Gasteiger partial charge >= 0.3 is 0 Å². The molecule has 27 heavy (non-hydrogen) atoms. The Balaban J connectivity index is 1.74. The lowest BCUT2D eigenvalue weighted by molar-refractivity contribution is 0.0977. The fraction of sp³-hybridized carbons (Fsp3) is 0.364. The van der Waals surface area contributed by atoms with Crippen LogP contribution in [0.1, 0.15) is 54.9 Å². The number of carbonyl (C=O) groups excluding carboxylic acids is 1. The van der Waals surface area contributed by atoms with Gasteiger partial charge in [0.05, 0.1) is 6.61 Å². The van der Waals surface area contributed by atoms with Gasteiger partial charge in [0.15, 0.2) is 5.11 Å². The van der Waals surface area contributed by atoms with Crippen molar-refractivity contribution < 1.29 is 9.53 Å². The Bertz CT molecular complexity index is 727. The molecule has 0 fully saturated rings. The highest BCUT2D eigenvalue weighted by atomic mass is 32.1. The van der Waals surface area contributed by atoms with Gasteiger partial charge in [0.2, 0.25) is 0 Å². The van der Waals surface area contributed by atoms with Crippen LogP contribution in [0.5, 0.6) is 5.75 Å². The smallest absolute Gasteiger partial charge is 0.257 e. The van der Waals surface area contributed by atoms with E-state index in [1.807, 2.05) is 43.3 Å². The number of hydrogen-bond acceptors (Lipinski definition) is 3. The summed E-state index contributed by atoms with van der Waals surface area (Å²) in [5.74, 6) is 0.612. The Morgan fingerprint density at radius 2 is 1.63 bits per heavy atom. The van der Waals surface area contributed by atoms with Crippen LogP contribution in [-0.4, -0.2) is 17.6 Å². The van der Waals surface area contributed by atoms with Crippen molar-refractivity contribution in [3.8, 4) is 5.75 Å². The van der Waals surface area contributed by atoms with E-state index < -0.39 is 0 Å². The average Bonchev–Trinajstić information content (AvgIpc) is 2.66. The third-order valence-electron chi connectivity index (χ3n) is 4.17. The van der Waals surface area contributed by atoms with Crippen molar-refractivity contribution in [3.05, 3.63) is 59.7 Å². The summed E-state index contributed by atoms with van der Waals surface area (Å²) in [6, 6.07) is 14.9. The average molecular weight is 385 g/mol. The number of thiocarbonyl (C=S) groups is 1. The molecule has 4 nitrogen and oxygen atoms in total. The first-order valence-electron chi connectivity index (χ1n) is 9.50. The van der Waals surface area contributed by atoms with E-state index in [1.54, 1.807) is 12.1 Å². The van der Waals surface area contributed by atoms with Crippen molar-refractivity contribution in [1.29, 1.82) is 0 Å². The highest BCUT2D eigenvalue weighted by Crippen LogP contribution is 2.16. The van der Waals surface area contributed by atoms with Gasteiger partial charge in [0.25, 0.3) is 5.91 Å². The van der Waals surface area contributed by atoms with Crippen molar-refractivity contribution in [2.75, 3.05) is 11.9 Å². The van der Waals surface area contributed by atoms with Crippen LogP contribution in [0.4, 0.5) is 5.69 Å². The number of anilines is 1. The van der Waals surface area contributed by atoms with Gasteiger partial charge in [-0.3, -0.25) is 10.1 Å². The lowest BCUT2D eigenvalue weighted by atomic mass is 10.1. The summed E-state index contributed by atoms with van der Waals surface area (Å²) >= 11 is 5.22. The second-order valence-corrected chi connectivity index (χ2v) is 6.97. The maximum absolute atomic E-state index is 12.2. The lowest BCUT2D eigenvalue weighted by Gasteiger charge is -2.11. The highest BCUT2D eigenvalue weighted by molar-refractivity contribution is 7.80. The first-order chi connectivity index (χ1) is 13.1. The molecule has 5 heteroatoms. The van der Waals surface area contributed by atoms with Crippen LogP contribution < -0.4 is 15.4 Å². The molecule has 0 radical (unpaired) electrons. The quantitative estimate of drug-likeness (QED) is 0.444. The van der Waals surface area contributed by atoms with Crippen LogP contribution in [0.3, 0.4) is 0 Å². The SMILES string of the molecule is CCCCCCCOc1ccc(NC(=S)NC(=O)c2ccc(C)cc2)cc1. The summed E-state index contributed by atoms with van der Waals surface area (Å²) in [7, 11) is 0. The fourth-order valence-corrected chi connectivity index (χ4v) is 2.78. The van der Waals surface area contributed by atoms with Crippen LogP contribution in [0.25, 0.3) is 0 Å². The molecule has 0 bridgehead atoms. The number of ether oxygens (including phenoxy) is 1. The third kappa shape index (κ3) is 7.79. The largest absolute Gasteiger partial charge is 0.494 e. The molecule has 2 rings (SSSR count). The summed E-state index contributed by atoms with van der Waals surface area (Å²) in [5.41, 5.74) is 2.49. The molecule has 2 N–H and O–H groups in total. The maximum atomic E-state index is 12.2. The van der Waals surface area contributed by atoms with E-state index in [0.29, 0.717) is 5.56 Å². The number of benzene rings is 2. The Kier molecular flexibility index (Phi) is 8.78. The fourth-order valence-electron chi connectivity index (χ4n) is 2.57. The van der Waals surface area contributed by atoms with Crippen LogP contribution >= 0.6 is 12.2 Å². The molecular weight excluding hydrogens is 356 g/mol. The number of carbonyl (C=O) groups is 1. The van der Waals surface area contributed by atoms with E-state index >= 15 is 0 Å². The number of unbranched alkanes of at least 4 members (excludes halogenated alkanes) is 4. The molecule has 0 unspecified atom stereocenters. The minimum Gasteiger partial charge on any atom is -0.494 e. The van der Waals surface area contributed by atoms with E-state index in [4.69, 9.17) is 17.0 Å². The molecule has 0 aliphatic rings. The highest BCUT2D eigenvalue weighted by Gasteiger charge is 2.07. The van der Waals surface area contributed by atoms with Crippen LogP contribution in [0.15, 0.2) is 48.5 Å². The van der Waals surface area contributed by atoms with Gasteiger partial charge < -0.3 is 10.1 Å². The summed E-state index contributed by atoms with van der Waals surface area (Å²) in [6.45, 7) is 4.93. The molecule has 2 aromatic rings. The second-order valence-electron chi connectivity index (χ2n) is 6.56. The van der Waals surface area contributed by atoms with E-state index in [-0.39, 0.29) is 11.0 Å². The monoisotopic (exact) mass is 384 g/mol. The molecule has 144 valence electrons. The standard InChI is InChI=1S/C22H28N2O2S/c1-3-4-5-6-7-16-26-20-14-12-19(13-15-20)23-22(27)24-21(25)18-10-8-17(2)9-11-18/h8-15H,3-7,16H2,1-2H3,(H2,23,24,25,27). The molecule has 0 spiro atoms.